The second-order valence-corrected chi connectivity index (χ2v) is 21.5. The Bertz CT molecular complexity index is 3220. The number of Topliss-reactive ketones (excluding diaryl/α,β-unsaturated/α-hetero) is 2. The maximum absolute atomic E-state index is 13.1. The normalized spacial score (nSPS) is 9.63. The number of hydrogen-bond donors (Lipinski definition) is 4. The van der Waals surface area contributed by atoms with Gasteiger partial charge in [-0.1, -0.05) is 262 Å². The van der Waals surface area contributed by atoms with Crippen molar-refractivity contribution in [2.24, 2.45) is 0 Å². The average molecular weight is 1330 g/mol. The van der Waals surface area contributed by atoms with E-state index in [0.717, 1.165) is 38.9 Å². The summed E-state index contributed by atoms with van der Waals surface area (Å²) in [6, 6.07) is 54.9. The van der Waals surface area contributed by atoms with Crippen LogP contribution in [-0.2, 0) is 68.4 Å². The molecule has 0 aliphatic heterocycles. The minimum atomic E-state index is -3.70. The molecule has 2 aromatic heterocycles. The monoisotopic (exact) mass is 1330 g/mol. The number of nitrogens with zero attached hydrogens (tertiary/aromatic N) is 2. The Morgan fingerprint density at radius 1 is 0.389 bits per heavy atom. The van der Waals surface area contributed by atoms with Crippen LogP contribution in [0.4, 0.5) is 0 Å². The number of sulfonamides is 2. The van der Waals surface area contributed by atoms with Crippen LogP contribution in [0.3, 0.4) is 0 Å². The number of hydrogen-bond acceptors (Lipinski definition) is 10. The predicted molar refractivity (Wildman–Crippen MR) is 386 cm³/mol. The van der Waals surface area contributed by atoms with Crippen molar-refractivity contribution in [3.63, 3.8) is 0 Å². The van der Waals surface area contributed by atoms with E-state index >= 15 is 0 Å². The molecule has 12 nitrogen and oxygen atoms in total. The van der Waals surface area contributed by atoms with Gasteiger partial charge in [-0.15, -0.1) is 0 Å². The third kappa shape index (κ3) is 36.8. The average Bonchev–Trinajstić information content (AvgIpc) is 1.72. The van der Waals surface area contributed by atoms with Crippen LogP contribution in [0.5, 0.6) is 0 Å². The fraction of sp³-hybridized carbons (Fsp3) is 0.351. The van der Waals surface area contributed by atoms with Crippen molar-refractivity contribution in [1.82, 2.24) is 19.4 Å². The number of carbonyl (C=O) groups is 2. The lowest BCUT2D eigenvalue weighted by atomic mass is 9.81. The van der Waals surface area contributed by atoms with E-state index in [0.29, 0.717) is 66.9 Å². The van der Waals surface area contributed by atoms with E-state index in [-0.39, 0.29) is 34.4 Å². The zero-order chi connectivity index (χ0) is 68.6. The summed E-state index contributed by atoms with van der Waals surface area (Å²) in [4.78, 5) is 33.0. The van der Waals surface area contributed by atoms with E-state index in [1.54, 1.807) is 85.5 Å². The number of aromatic nitrogens is 2. The van der Waals surface area contributed by atoms with Gasteiger partial charge < -0.3 is 10.0 Å². The van der Waals surface area contributed by atoms with Crippen LogP contribution in [0.1, 0.15) is 170 Å². The molecule has 6 aromatic carbocycles. The number of ketones is 2. The molecule has 0 spiro atoms. The van der Waals surface area contributed by atoms with Gasteiger partial charge in [0.2, 0.25) is 20.0 Å². The molecule has 0 unspecified atom stereocenters. The summed E-state index contributed by atoms with van der Waals surface area (Å²) in [7, 11) is -8.63. The molecule has 0 fully saturated rings. The molecule has 0 saturated heterocycles. The molecule has 0 radical (unpaired) electrons. The molecule has 2 heterocycles. The quantitative estimate of drug-likeness (QED) is 0.0475. The number of nitrogens with one attached hydrogen (secondary N) is 2. The molecule has 90 heavy (non-hydrogen) atoms. The maximum Gasteiger partial charge on any atom is 0.488 e. The van der Waals surface area contributed by atoms with Crippen molar-refractivity contribution in [1.29, 1.82) is 0 Å². The summed E-state index contributed by atoms with van der Waals surface area (Å²) in [6.45, 7) is 32.4. The van der Waals surface area contributed by atoms with Crippen LogP contribution in [0.2, 0.25) is 0 Å². The van der Waals surface area contributed by atoms with E-state index in [9.17, 15) is 26.4 Å². The van der Waals surface area contributed by atoms with Gasteiger partial charge in [0.25, 0.3) is 0 Å². The van der Waals surface area contributed by atoms with Crippen LogP contribution in [-0.4, -0.2) is 55.5 Å². The van der Waals surface area contributed by atoms with Gasteiger partial charge in [-0.05, 0) is 116 Å². The first-order chi connectivity index (χ1) is 43.8. The van der Waals surface area contributed by atoms with Crippen molar-refractivity contribution in [2.75, 3.05) is 0 Å². The molecule has 0 saturated carbocycles. The molecular weight excluding hydrogens is 1230 g/mol. The highest BCUT2D eigenvalue weighted by molar-refractivity contribution is 9.10. The van der Waals surface area contributed by atoms with Gasteiger partial charge in [-0.2, -0.15) is 0 Å². The van der Waals surface area contributed by atoms with E-state index < -0.39 is 27.2 Å². The molecule has 8 aromatic rings. The molecule has 0 atom stereocenters. The predicted octanol–water partition coefficient (Wildman–Crippen LogP) is 17.4. The second kappa shape index (κ2) is 56.2. The van der Waals surface area contributed by atoms with E-state index in [4.69, 9.17) is 10.0 Å². The third-order valence-corrected chi connectivity index (χ3v) is 15.6. The largest absolute Gasteiger partial charge is 0.488 e. The first-order valence-corrected chi connectivity index (χ1v) is 35.8. The smallest absolute Gasteiger partial charge is 0.423 e. The Kier molecular flexibility index (Phi) is 54.6. The van der Waals surface area contributed by atoms with E-state index in [1.165, 1.54) is 0 Å². The summed E-state index contributed by atoms with van der Waals surface area (Å²) < 4.78 is 56.9. The first kappa shape index (κ1) is 87.4. The summed E-state index contributed by atoms with van der Waals surface area (Å²) in [5.74, 6) is 0.451. The van der Waals surface area contributed by atoms with Crippen LogP contribution < -0.4 is 14.9 Å². The van der Waals surface area contributed by atoms with E-state index in [2.05, 4.69) is 35.3 Å². The molecule has 16 heteroatoms. The van der Waals surface area contributed by atoms with Gasteiger partial charge in [-0.3, -0.25) is 19.6 Å². The van der Waals surface area contributed by atoms with Gasteiger partial charge in [0.1, 0.15) is 11.6 Å². The lowest BCUT2D eigenvalue weighted by molar-refractivity contribution is -0.119. The molecule has 8 rings (SSSR count). The zero-order valence-electron chi connectivity index (χ0n) is 56.7. The fourth-order valence-electron chi connectivity index (χ4n) is 7.48. The van der Waals surface area contributed by atoms with E-state index in [1.807, 2.05) is 232 Å². The Balaban J connectivity index is -0.00000124. The molecular formula is C74H106BBrN4O8S2. The second-order valence-electron chi connectivity index (χ2n) is 17.2. The maximum atomic E-state index is 13.1. The number of rotatable bonds is 22. The standard InChI is InChI=1S/C29H28N2O3S.C23H23BrN2O3S.C6H7BO2.8C2H6/c32-27(19-17-24-7-6-20-30-21-24)18-16-23-12-14-25(15-13-23)22-31-35(33,34)29-11-5-4-10-28(29)26-8-2-1-3-9-26;24-22-5-1-2-6-23(22)30(28,29)26-17-20-9-7-18(8-10-20)11-13-21(27)14-12-19-4-3-15-25-16-19;8-7(9)6-4-2-1-3-5-6;8*1-2/h1-15,20-21,31H,16-19,22H2;1-10,15-16,26H,11-14,17H2;1-5,8-9H;8*1-2H3. The van der Waals surface area contributed by atoms with Gasteiger partial charge >= 0.3 is 7.12 Å². The molecule has 0 bridgehead atoms. The summed E-state index contributed by atoms with van der Waals surface area (Å²) in [5.41, 5.74) is 8.02. The number of pyridine rings is 2. The SMILES string of the molecule is CC.CC.CC.CC.CC.CC.CC.CC.O=C(CCc1ccc(CNS(=O)(=O)c2ccccc2-c2ccccc2)cc1)CCc1cccnc1.O=C(CCc1ccc(CNS(=O)(=O)c2ccccc2Br)cc1)CCc1cccnc1.OB(O)c1ccccc1. The summed E-state index contributed by atoms with van der Waals surface area (Å²) in [5, 5.41) is 17.2. The van der Waals surface area contributed by atoms with Crippen molar-refractivity contribution < 1.29 is 36.5 Å². The highest BCUT2D eigenvalue weighted by atomic mass is 79.9. The summed E-state index contributed by atoms with van der Waals surface area (Å²) >= 11 is 3.27. The molecule has 4 N–H and O–H groups in total. The lowest BCUT2D eigenvalue weighted by Gasteiger charge is -2.12. The van der Waals surface area contributed by atoms with Crippen LogP contribution in [0.25, 0.3) is 11.1 Å². The fourth-order valence-corrected chi connectivity index (χ4v) is 10.7. The minimum absolute atomic E-state index is 0.190. The van der Waals surface area contributed by atoms with Crippen molar-refractivity contribution in [3.8, 4) is 11.1 Å². The number of benzene rings is 6. The van der Waals surface area contributed by atoms with Gasteiger partial charge in [0.05, 0.1) is 9.79 Å². The Labute approximate surface area is 553 Å². The van der Waals surface area contributed by atoms with Crippen molar-refractivity contribution >= 4 is 60.1 Å². The Hall–Kier alpha value is -6.76. The van der Waals surface area contributed by atoms with Gasteiger partial charge in [0.15, 0.2) is 0 Å². The van der Waals surface area contributed by atoms with Gasteiger partial charge in [0, 0.05) is 73.6 Å². The van der Waals surface area contributed by atoms with Crippen LogP contribution in [0, 0.1) is 0 Å². The van der Waals surface area contributed by atoms with Crippen LogP contribution in [0.15, 0.2) is 221 Å². The lowest BCUT2D eigenvalue weighted by Crippen LogP contribution is -2.29. The topological polar surface area (TPSA) is 193 Å². The molecule has 0 amide bonds. The highest BCUT2D eigenvalue weighted by Crippen LogP contribution is 2.27. The molecule has 492 valence electrons. The summed E-state index contributed by atoms with van der Waals surface area (Å²) in [6.07, 6.45) is 11.8. The Morgan fingerprint density at radius 3 is 1.07 bits per heavy atom. The molecule has 0 aliphatic rings. The third-order valence-electron chi connectivity index (χ3n) is 11.7. The number of carbonyl (C=O) groups excluding carboxylic acids is 2. The Morgan fingerprint density at radius 2 is 0.711 bits per heavy atom. The highest BCUT2D eigenvalue weighted by Gasteiger charge is 2.20. The first-order valence-electron chi connectivity index (χ1n) is 32.0. The van der Waals surface area contributed by atoms with Crippen molar-refractivity contribution in [3.05, 3.63) is 245 Å². The van der Waals surface area contributed by atoms with Crippen molar-refractivity contribution in [2.45, 2.75) is 185 Å². The zero-order valence-corrected chi connectivity index (χ0v) is 59.9. The van der Waals surface area contributed by atoms with Crippen LogP contribution >= 0.6 is 15.9 Å². The number of aryl methyl sites for hydroxylation is 4. The molecule has 0 aliphatic carbocycles. The van der Waals surface area contributed by atoms with Gasteiger partial charge in [-0.25, -0.2) is 26.3 Å². The number of halogens is 1. The minimum Gasteiger partial charge on any atom is -0.423 e.